The van der Waals surface area contributed by atoms with Gasteiger partial charge in [-0.05, 0) is 73.1 Å². The molecular formula is C19H30N4. The van der Waals surface area contributed by atoms with E-state index in [0.717, 1.165) is 41.9 Å². The van der Waals surface area contributed by atoms with E-state index in [1.54, 1.807) is 0 Å². The summed E-state index contributed by atoms with van der Waals surface area (Å²) in [5.41, 5.74) is 29.0. The second kappa shape index (κ2) is 6.34. The highest BCUT2D eigenvalue weighted by Crippen LogP contribution is 2.43. The van der Waals surface area contributed by atoms with Crippen molar-refractivity contribution in [2.24, 2.45) is 23.5 Å². The number of rotatable bonds is 2. The van der Waals surface area contributed by atoms with Crippen LogP contribution >= 0.6 is 0 Å². The molecule has 1 saturated carbocycles. The fourth-order valence-electron chi connectivity index (χ4n) is 4.36. The second-order valence-corrected chi connectivity index (χ2v) is 7.59. The monoisotopic (exact) mass is 314 g/mol. The van der Waals surface area contributed by atoms with Gasteiger partial charge >= 0.3 is 0 Å². The summed E-state index contributed by atoms with van der Waals surface area (Å²) >= 11 is 0. The maximum atomic E-state index is 6.44. The molecule has 8 N–H and O–H groups in total. The predicted molar refractivity (Wildman–Crippen MR) is 99.2 cm³/mol. The molecule has 0 radical (unpaired) electrons. The molecule has 1 atom stereocenters. The van der Waals surface area contributed by atoms with Crippen molar-refractivity contribution in [2.75, 3.05) is 17.2 Å². The zero-order valence-corrected chi connectivity index (χ0v) is 14.1. The number of hydrogen-bond donors (Lipinski definition) is 4. The van der Waals surface area contributed by atoms with Crippen LogP contribution in [0.25, 0.3) is 5.57 Å². The molecule has 0 heterocycles. The van der Waals surface area contributed by atoms with Crippen LogP contribution in [-0.4, -0.2) is 0 Å². The Hall–Kier alpha value is -1.84. The zero-order valence-electron chi connectivity index (χ0n) is 14.1. The van der Waals surface area contributed by atoms with Gasteiger partial charge in [-0.1, -0.05) is 19.8 Å². The Morgan fingerprint density at radius 1 is 0.826 bits per heavy atom. The fourth-order valence-corrected chi connectivity index (χ4v) is 4.36. The van der Waals surface area contributed by atoms with Gasteiger partial charge in [0.2, 0.25) is 0 Å². The van der Waals surface area contributed by atoms with Gasteiger partial charge in [-0.15, -0.1) is 0 Å². The molecule has 0 saturated heterocycles. The van der Waals surface area contributed by atoms with Crippen LogP contribution in [0.1, 0.15) is 57.4 Å². The lowest BCUT2D eigenvalue weighted by molar-refractivity contribution is 0.199. The minimum atomic E-state index is 0.470. The fraction of sp³-hybridized carbons (Fsp3) is 0.579. The maximum absolute atomic E-state index is 6.44. The number of nitrogen functional groups attached to an aromatic ring is 3. The number of nitrogens with two attached hydrogens (primary N) is 4. The molecule has 2 aliphatic rings. The van der Waals surface area contributed by atoms with Gasteiger partial charge in [0, 0.05) is 5.70 Å². The Morgan fingerprint density at radius 3 is 2.00 bits per heavy atom. The molecule has 4 heteroatoms. The molecule has 1 unspecified atom stereocenters. The highest BCUT2D eigenvalue weighted by Gasteiger charge is 2.29. The van der Waals surface area contributed by atoms with E-state index in [2.05, 4.69) is 6.92 Å². The van der Waals surface area contributed by atoms with Crippen molar-refractivity contribution in [1.82, 2.24) is 0 Å². The number of anilines is 3. The standard InChI is InChI=1S/C19H30N4/c1-11-2-4-12(5-3-11)13-6-7-15(16(20)8-13)14-9-17(21)19(23)18(22)10-14/h9-13H,2-8,20-23H2,1H3. The second-order valence-electron chi connectivity index (χ2n) is 7.59. The first kappa shape index (κ1) is 16.0. The van der Waals surface area contributed by atoms with Crippen molar-refractivity contribution in [2.45, 2.75) is 51.9 Å². The topological polar surface area (TPSA) is 104 Å². The van der Waals surface area contributed by atoms with Crippen LogP contribution in [0.15, 0.2) is 17.8 Å². The molecule has 1 aromatic carbocycles. The Labute approximate surface area is 139 Å². The highest BCUT2D eigenvalue weighted by atomic mass is 14.7. The Kier molecular flexibility index (Phi) is 4.42. The lowest BCUT2D eigenvalue weighted by Gasteiger charge is -2.36. The van der Waals surface area contributed by atoms with Gasteiger partial charge < -0.3 is 22.9 Å². The Balaban J connectivity index is 1.77. The number of hydrogen-bond acceptors (Lipinski definition) is 4. The summed E-state index contributed by atoms with van der Waals surface area (Å²) in [6.07, 6.45) is 8.75. The van der Waals surface area contributed by atoms with Crippen molar-refractivity contribution >= 4 is 22.6 Å². The number of benzene rings is 1. The first-order chi connectivity index (χ1) is 11.0. The quantitative estimate of drug-likeness (QED) is 0.624. The van der Waals surface area contributed by atoms with Crippen LogP contribution in [0, 0.1) is 17.8 Å². The average molecular weight is 314 g/mol. The maximum Gasteiger partial charge on any atom is 0.0781 e. The molecular weight excluding hydrogens is 284 g/mol. The lowest BCUT2D eigenvalue weighted by Crippen LogP contribution is -2.25. The van der Waals surface area contributed by atoms with E-state index < -0.39 is 0 Å². The smallest absolute Gasteiger partial charge is 0.0781 e. The lowest BCUT2D eigenvalue weighted by atomic mass is 9.70. The van der Waals surface area contributed by atoms with Gasteiger partial charge in [0.1, 0.15) is 0 Å². The summed E-state index contributed by atoms with van der Waals surface area (Å²) in [5.74, 6) is 2.50. The minimum absolute atomic E-state index is 0.470. The minimum Gasteiger partial charge on any atom is -0.402 e. The van der Waals surface area contributed by atoms with Crippen LogP contribution in [0.5, 0.6) is 0 Å². The summed E-state index contributed by atoms with van der Waals surface area (Å²) in [6.45, 7) is 2.37. The molecule has 3 rings (SSSR count). The van der Waals surface area contributed by atoms with Crippen molar-refractivity contribution in [1.29, 1.82) is 0 Å². The van der Waals surface area contributed by atoms with E-state index in [9.17, 15) is 0 Å². The summed E-state index contributed by atoms with van der Waals surface area (Å²) in [5, 5.41) is 0. The third-order valence-corrected chi connectivity index (χ3v) is 5.95. The molecule has 1 fully saturated rings. The van der Waals surface area contributed by atoms with Gasteiger partial charge in [0.25, 0.3) is 0 Å². The zero-order chi connectivity index (χ0) is 16.6. The van der Waals surface area contributed by atoms with Crippen molar-refractivity contribution < 1.29 is 0 Å². The predicted octanol–water partition coefficient (Wildman–Crippen LogP) is 3.73. The van der Waals surface area contributed by atoms with E-state index >= 15 is 0 Å². The van der Waals surface area contributed by atoms with E-state index in [0.29, 0.717) is 17.1 Å². The molecule has 4 nitrogen and oxygen atoms in total. The average Bonchev–Trinajstić information content (AvgIpc) is 2.53. The normalized spacial score (nSPS) is 28.8. The molecule has 1 aromatic rings. The van der Waals surface area contributed by atoms with E-state index in [1.165, 1.54) is 37.7 Å². The summed E-state index contributed by atoms with van der Waals surface area (Å²) < 4.78 is 0. The third-order valence-electron chi connectivity index (χ3n) is 5.95. The van der Waals surface area contributed by atoms with Gasteiger partial charge in [-0.25, -0.2) is 0 Å². The van der Waals surface area contributed by atoms with Crippen molar-refractivity contribution in [3.8, 4) is 0 Å². The van der Waals surface area contributed by atoms with Gasteiger partial charge in [0.05, 0.1) is 17.1 Å². The highest BCUT2D eigenvalue weighted by molar-refractivity contribution is 5.84. The molecule has 126 valence electrons. The van der Waals surface area contributed by atoms with E-state index in [4.69, 9.17) is 22.9 Å². The van der Waals surface area contributed by atoms with Crippen molar-refractivity contribution in [3.05, 3.63) is 23.4 Å². The Bertz CT molecular complexity index is 589. The molecule has 0 aromatic heterocycles. The van der Waals surface area contributed by atoms with Crippen LogP contribution in [0.3, 0.4) is 0 Å². The molecule has 0 spiro atoms. The SMILES string of the molecule is CC1CCC(C2CCC(c3cc(N)c(N)c(N)c3)=C(N)C2)CC1. The van der Waals surface area contributed by atoms with E-state index in [-0.39, 0.29) is 0 Å². The van der Waals surface area contributed by atoms with Crippen LogP contribution in [0.4, 0.5) is 17.1 Å². The molecule has 23 heavy (non-hydrogen) atoms. The largest absolute Gasteiger partial charge is 0.402 e. The summed E-state index contributed by atoms with van der Waals surface area (Å²) in [4.78, 5) is 0. The molecule has 0 aliphatic heterocycles. The molecule has 0 bridgehead atoms. The van der Waals surface area contributed by atoms with E-state index in [1.807, 2.05) is 12.1 Å². The van der Waals surface area contributed by atoms with Gasteiger partial charge in [-0.3, -0.25) is 0 Å². The summed E-state index contributed by atoms with van der Waals surface area (Å²) in [7, 11) is 0. The first-order valence-corrected chi connectivity index (χ1v) is 8.88. The third kappa shape index (κ3) is 3.26. The Morgan fingerprint density at radius 2 is 1.43 bits per heavy atom. The molecule has 2 aliphatic carbocycles. The van der Waals surface area contributed by atoms with Crippen LogP contribution < -0.4 is 22.9 Å². The van der Waals surface area contributed by atoms with Crippen molar-refractivity contribution in [3.63, 3.8) is 0 Å². The van der Waals surface area contributed by atoms with Gasteiger partial charge in [0.15, 0.2) is 0 Å². The number of allylic oxidation sites excluding steroid dienone is 2. The summed E-state index contributed by atoms with van der Waals surface area (Å²) in [6, 6.07) is 3.83. The van der Waals surface area contributed by atoms with Crippen LogP contribution in [-0.2, 0) is 0 Å². The van der Waals surface area contributed by atoms with Crippen LogP contribution in [0.2, 0.25) is 0 Å². The van der Waals surface area contributed by atoms with Gasteiger partial charge in [-0.2, -0.15) is 0 Å². The molecule has 0 amide bonds. The first-order valence-electron chi connectivity index (χ1n) is 8.88.